The Labute approximate surface area is 324 Å². The Kier molecular flexibility index (Phi) is 17.2. The van der Waals surface area contributed by atoms with Gasteiger partial charge in [0.2, 0.25) is 0 Å². The highest BCUT2D eigenvalue weighted by atomic mass is 17.2. The molecule has 0 saturated heterocycles. The number of esters is 2. The first-order valence-electron chi connectivity index (χ1n) is 18.1. The summed E-state index contributed by atoms with van der Waals surface area (Å²) in [6.45, 7) is 4.23. The molecule has 294 valence electrons. The Hall–Kier alpha value is -6.38. The Morgan fingerprint density at radius 1 is 0.464 bits per heavy atom. The molecule has 4 aromatic carbocycles. The maximum atomic E-state index is 13.7. The van der Waals surface area contributed by atoms with Crippen molar-refractivity contribution in [3.8, 4) is 11.5 Å². The van der Waals surface area contributed by atoms with Crippen molar-refractivity contribution in [2.45, 2.75) is 39.5 Å². The molecule has 4 rings (SSSR count). The topological polar surface area (TPSA) is 182 Å². The van der Waals surface area contributed by atoms with Crippen LogP contribution in [0.5, 0.6) is 11.5 Å². The first-order valence-corrected chi connectivity index (χ1v) is 18.1. The fourth-order valence-electron chi connectivity index (χ4n) is 5.06. The second kappa shape index (κ2) is 22.7. The van der Waals surface area contributed by atoms with Crippen LogP contribution in [0.1, 0.15) is 92.1 Å². The van der Waals surface area contributed by atoms with Crippen LogP contribution in [0, 0.1) is 0 Å². The van der Waals surface area contributed by atoms with E-state index in [-0.39, 0.29) is 71.4 Å². The quantitative estimate of drug-likeness (QED) is 0.0251. The molecule has 56 heavy (non-hydrogen) atoms. The number of carbonyl (C=O) groups excluding carboxylic acids is 6. The third-order valence-corrected chi connectivity index (χ3v) is 7.96. The second-order valence-corrected chi connectivity index (χ2v) is 12.1. The SMILES string of the molecule is CCCCOC(=O)CNCOc1ccccc1C(=O)c1ccccc1C(=O)OOC(=O)c1ccccc1C(=O)c1ccccc1OCNCC(=O)OCCCC. The van der Waals surface area contributed by atoms with Gasteiger partial charge in [-0.05, 0) is 49.2 Å². The smallest absolute Gasteiger partial charge is 0.387 e. The first-order chi connectivity index (χ1) is 27.2. The summed E-state index contributed by atoms with van der Waals surface area (Å²) in [5, 5.41) is 5.61. The van der Waals surface area contributed by atoms with E-state index in [0.29, 0.717) is 13.2 Å². The number of unbranched alkanes of at least 4 members (excludes halogenated alkanes) is 2. The van der Waals surface area contributed by atoms with Crippen LogP contribution < -0.4 is 20.1 Å². The molecule has 4 aromatic rings. The van der Waals surface area contributed by atoms with Crippen molar-refractivity contribution in [1.29, 1.82) is 0 Å². The molecule has 0 aliphatic heterocycles. The number of rotatable bonds is 22. The Bertz CT molecular complexity index is 1840. The number of benzene rings is 4. The van der Waals surface area contributed by atoms with Gasteiger partial charge in [0.1, 0.15) is 25.0 Å². The molecule has 2 N–H and O–H groups in total. The molecule has 0 spiro atoms. The summed E-state index contributed by atoms with van der Waals surface area (Å²) in [5.41, 5.74) is -0.291. The number of para-hydroxylation sites is 2. The van der Waals surface area contributed by atoms with Gasteiger partial charge in [0, 0.05) is 11.1 Å². The van der Waals surface area contributed by atoms with E-state index in [2.05, 4.69) is 10.6 Å². The number of nitrogens with one attached hydrogen (secondary N) is 2. The van der Waals surface area contributed by atoms with Crippen LogP contribution in [0.15, 0.2) is 97.1 Å². The molecule has 14 heteroatoms. The summed E-state index contributed by atoms with van der Waals surface area (Å²) < 4.78 is 21.6. The average molecular weight is 769 g/mol. The Morgan fingerprint density at radius 3 is 1.18 bits per heavy atom. The summed E-state index contributed by atoms with van der Waals surface area (Å²) in [6, 6.07) is 24.3. The third kappa shape index (κ3) is 12.6. The van der Waals surface area contributed by atoms with Crippen LogP contribution in [0.3, 0.4) is 0 Å². The average Bonchev–Trinajstić information content (AvgIpc) is 3.23. The van der Waals surface area contributed by atoms with E-state index in [4.69, 9.17) is 28.7 Å². The van der Waals surface area contributed by atoms with Gasteiger partial charge in [-0.3, -0.25) is 29.8 Å². The third-order valence-electron chi connectivity index (χ3n) is 7.96. The van der Waals surface area contributed by atoms with Gasteiger partial charge in [0.25, 0.3) is 0 Å². The van der Waals surface area contributed by atoms with Gasteiger partial charge in [0.15, 0.2) is 11.6 Å². The van der Waals surface area contributed by atoms with E-state index in [9.17, 15) is 28.8 Å². The van der Waals surface area contributed by atoms with Crippen molar-refractivity contribution in [2.75, 3.05) is 39.8 Å². The molecule has 0 aliphatic rings. The van der Waals surface area contributed by atoms with Gasteiger partial charge in [-0.1, -0.05) is 87.4 Å². The van der Waals surface area contributed by atoms with Crippen LogP contribution >= 0.6 is 0 Å². The molecule has 0 unspecified atom stereocenters. The van der Waals surface area contributed by atoms with Gasteiger partial charge in [-0.2, -0.15) is 0 Å². The Morgan fingerprint density at radius 2 is 0.804 bits per heavy atom. The van der Waals surface area contributed by atoms with Crippen LogP contribution in [0.25, 0.3) is 0 Å². The largest absolute Gasteiger partial charge is 0.478 e. The van der Waals surface area contributed by atoms with Crippen LogP contribution in [-0.2, 0) is 28.8 Å². The summed E-state index contributed by atoms with van der Waals surface area (Å²) in [7, 11) is 0. The molecule has 0 aromatic heterocycles. The monoisotopic (exact) mass is 768 g/mol. The zero-order valence-corrected chi connectivity index (χ0v) is 31.2. The van der Waals surface area contributed by atoms with Crippen LogP contribution in [0.2, 0.25) is 0 Å². The van der Waals surface area contributed by atoms with E-state index in [1.54, 1.807) is 48.5 Å². The minimum Gasteiger partial charge on any atom is -0.478 e. The van der Waals surface area contributed by atoms with E-state index in [1.165, 1.54) is 48.5 Å². The zero-order valence-electron chi connectivity index (χ0n) is 31.2. The molecule has 0 bridgehead atoms. The fraction of sp³-hybridized carbons (Fsp3) is 0.286. The van der Waals surface area contributed by atoms with Gasteiger partial charge < -0.3 is 18.9 Å². The minimum atomic E-state index is -1.15. The van der Waals surface area contributed by atoms with Gasteiger partial charge in [-0.25, -0.2) is 19.4 Å². The number of ketones is 2. The lowest BCUT2D eigenvalue weighted by molar-refractivity contribution is -0.187. The predicted molar refractivity (Wildman–Crippen MR) is 202 cm³/mol. The van der Waals surface area contributed by atoms with Crippen molar-refractivity contribution in [2.24, 2.45) is 0 Å². The lowest BCUT2D eigenvalue weighted by Gasteiger charge is -2.13. The standard InChI is InChI=1S/C42H44N2O12/c1-3-5-23-51-37(45)25-43-27-53-35-21-13-11-19-33(35)39(47)29-15-7-9-17-31(29)41(49)55-56-42(50)32-18-10-8-16-30(32)40(48)34-20-12-14-22-36(34)54-28-44-26-38(46)52-24-6-4-2/h7-22,43-44H,3-6,23-28H2,1-2H3. The fourth-order valence-corrected chi connectivity index (χ4v) is 5.06. The van der Waals surface area contributed by atoms with Gasteiger partial charge >= 0.3 is 23.9 Å². The predicted octanol–water partition coefficient (Wildman–Crippen LogP) is 5.62. The zero-order chi connectivity index (χ0) is 40.1. The number of hydrogen-bond donors (Lipinski definition) is 2. The first kappa shape index (κ1) is 42.4. The molecule has 0 aliphatic carbocycles. The maximum absolute atomic E-state index is 13.7. The van der Waals surface area contributed by atoms with E-state index < -0.39 is 35.4 Å². The Balaban J connectivity index is 1.39. The number of carbonyl (C=O) groups is 6. The maximum Gasteiger partial charge on any atom is 0.387 e. The highest BCUT2D eigenvalue weighted by Gasteiger charge is 2.26. The number of hydrogen-bond acceptors (Lipinski definition) is 14. The van der Waals surface area contributed by atoms with Crippen molar-refractivity contribution < 1.29 is 57.5 Å². The molecule has 0 radical (unpaired) electrons. The summed E-state index contributed by atoms with van der Waals surface area (Å²) >= 11 is 0. The van der Waals surface area contributed by atoms with E-state index in [0.717, 1.165) is 25.7 Å². The summed E-state index contributed by atoms with van der Waals surface area (Å²) in [6.07, 6.45) is 3.31. The lowest BCUT2D eigenvalue weighted by atomic mass is 9.97. The van der Waals surface area contributed by atoms with Crippen molar-refractivity contribution in [1.82, 2.24) is 10.6 Å². The van der Waals surface area contributed by atoms with E-state index >= 15 is 0 Å². The van der Waals surface area contributed by atoms with E-state index in [1.807, 2.05) is 13.8 Å². The van der Waals surface area contributed by atoms with Crippen LogP contribution in [0.4, 0.5) is 0 Å². The molecular formula is C42H44N2O12. The second-order valence-electron chi connectivity index (χ2n) is 12.1. The molecular weight excluding hydrogens is 724 g/mol. The normalized spacial score (nSPS) is 10.5. The summed E-state index contributed by atoms with van der Waals surface area (Å²) in [4.78, 5) is 87.5. The molecule has 0 saturated carbocycles. The molecule has 0 heterocycles. The molecule has 0 amide bonds. The van der Waals surface area contributed by atoms with Gasteiger partial charge in [-0.15, -0.1) is 0 Å². The highest BCUT2D eigenvalue weighted by Crippen LogP contribution is 2.26. The highest BCUT2D eigenvalue weighted by molar-refractivity contribution is 6.17. The van der Waals surface area contributed by atoms with Gasteiger partial charge in [0.05, 0.1) is 48.6 Å². The van der Waals surface area contributed by atoms with Crippen molar-refractivity contribution in [3.63, 3.8) is 0 Å². The number of ether oxygens (including phenoxy) is 4. The summed E-state index contributed by atoms with van der Waals surface area (Å²) in [5.74, 6) is -3.96. The molecule has 0 fully saturated rings. The lowest BCUT2D eigenvalue weighted by Crippen LogP contribution is -2.28. The van der Waals surface area contributed by atoms with Crippen molar-refractivity contribution in [3.05, 3.63) is 130 Å². The molecule has 14 nitrogen and oxygen atoms in total. The minimum absolute atomic E-state index is 0.0629. The molecule has 0 atom stereocenters. The van der Waals surface area contributed by atoms with Crippen LogP contribution in [-0.4, -0.2) is 75.2 Å². The van der Waals surface area contributed by atoms with Crippen molar-refractivity contribution >= 4 is 35.4 Å².